The average Bonchev–Trinajstić information content (AvgIpc) is 2.82. The molecule has 1 N–H and O–H groups in total. The van der Waals surface area contributed by atoms with E-state index >= 15 is 0 Å². The normalized spacial score (nSPS) is 18.9. The largest absolute Gasteiger partial charge is 0.383 e. The Bertz CT molecular complexity index is 493. The summed E-state index contributed by atoms with van der Waals surface area (Å²) in [6.07, 6.45) is 1.09. The zero-order chi connectivity index (χ0) is 11.0. The standard InChI is InChI=1S/C13H12ClNS/c14-11-4-1-3-9-7-10(8-15-13(9)11)12-5-2-6-16-12/h1-6,10,15H,7-8H2. The van der Waals surface area contributed by atoms with Crippen molar-refractivity contribution in [1.29, 1.82) is 0 Å². The molecule has 82 valence electrons. The van der Waals surface area contributed by atoms with E-state index in [4.69, 9.17) is 11.6 Å². The van der Waals surface area contributed by atoms with Crippen molar-refractivity contribution >= 4 is 28.6 Å². The zero-order valence-corrected chi connectivity index (χ0v) is 10.3. The maximum atomic E-state index is 6.15. The highest BCUT2D eigenvalue weighted by atomic mass is 35.5. The third-order valence-corrected chi connectivity index (χ3v) is 4.39. The summed E-state index contributed by atoms with van der Waals surface area (Å²) in [5, 5.41) is 6.42. The summed E-state index contributed by atoms with van der Waals surface area (Å²) in [6.45, 7) is 0.983. The van der Waals surface area contributed by atoms with Gasteiger partial charge in [0.1, 0.15) is 0 Å². The SMILES string of the molecule is Clc1cccc2c1NCC(c1cccs1)C2. The first-order valence-corrected chi connectivity index (χ1v) is 6.65. The summed E-state index contributed by atoms with van der Waals surface area (Å²) in [7, 11) is 0. The average molecular weight is 250 g/mol. The van der Waals surface area contributed by atoms with Gasteiger partial charge in [-0.15, -0.1) is 11.3 Å². The summed E-state index contributed by atoms with van der Waals surface area (Å²) in [5.41, 5.74) is 2.45. The first-order valence-electron chi connectivity index (χ1n) is 5.39. The van der Waals surface area contributed by atoms with E-state index in [1.54, 1.807) is 0 Å². The van der Waals surface area contributed by atoms with E-state index in [0.29, 0.717) is 5.92 Å². The van der Waals surface area contributed by atoms with E-state index in [1.165, 1.54) is 10.4 Å². The number of para-hydroxylation sites is 1. The van der Waals surface area contributed by atoms with Gasteiger partial charge in [0.05, 0.1) is 10.7 Å². The quantitative estimate of drug-likeness (QED) is 0.801. The predicted molar refractivity (Wildman–Crippen MR) is 70.7 cm³/mol. The van der Waals surface area contributed by atoms with Crippen LogP contribution in [-0.2, 0) is 6.42 Å². The van der Waals surface area contributed by atoms with E-state index < -0.39 is 0 Å². The Hall–Kier alpha value is -0.990. The van der Waals surface area contributed by atoms with Crippen molar-refractivity contribution in [3.8, 4) is 0 Å². The van der Waals surface area contributed by atoms with Gasteiger partial charge in [-0.3, -0.25) is 0 Å². The number of anilines is 1. The minimum absolute atomic E-state index is 0.589. The lowest BCUT2D eigenvalue weighted by Gasteiger charge is -2.26. The van der Waals surface area contributed by atoms with Gasteiger partial charge in [0.15, 0.2) is 0 Å². The number of hydrogen-bond donors (Lipinski definition) is 1. The highest BCUT2D eigenvalue weighted by molar-refractivity contribution is 7.10. The van der Waals surface area contributed by atoms with Crippen LogP contribution < -0.4 is 5.32 Å². The van der Waals surface area contributed by atoms with Crippen LogP contribution in [0.5, 0.6) is 0 Å². The minimum atomic E-state index is 0.589. The third kappa shape index (κ3) is 1.72. The molecule has 0 radical (unpaired) electrons. The van der Waals surface area contributed by atoms with Gasteiger partial charge in [0, 0.05) is 17.3 Å². The van der Waals surface area contributed by atoms with Gasteiger partial charge >= 0.3 is 0 Å². The summed E-state index contributed by atoms with van der Waals surface area (Å²) >= 11 is 7.99. The smallest absolute Gasteiger partial charge is 0.0640 e. The molecular weight excluding hydrogens is 238 g/mol. The highest BCUT2D eigenvalue weighted by Gasteiger charge is 2.21. The van der Waals surface area contributed by atoms with Crippen LogP contribution in [-0.4, -0.2) is 6.54 Å². The molecule has 3 rings (SSSR count). The van der Waals surface area contributed by atoms with Gasteiger partial charge in [-0.1, -0.05) is 29.8 Å². The van der Waals surface area contributed by atoms with Gasteiger partial charge in [-0.2, -0.15) is 0 Å². The van der Waals surface area contributed by atoms with Gasteiger partial charge in [0.2, 0.25) is 0 Å². The molecule has 3 heteroatoms. The van der Waals surface area contributed by atoms with Gasteiger partial charge < -0.3 is 5.32 Å². The van der Waals surface area contributed by atoms with Crippen LogP contribution in [0.25, 0.3) is 0 Å². The van der Waals surface area contributed by atoms with Crippen LogP contribution in [0, 0.1) is 0 Å². The van der Waals surface area contributed by atoms with Crippen LogP contribution in [0.15, 0.2) is 35.7 Å². The maximum Gasteiger partial charge on any atom is 0.0640 e. The second kappa shape index (κ2) is 4.11. The molecular formula is C13H12ClNS. The van der Waals surface area contributed by atoms with E-state index in [1.807, 2.05) is 23.5 Å². The highest BCUT2D eigenvalue weighted by Crippen LogP contribution is 2.36. The molecule has 2 heterocycles. The van der Waals surface area contributed by atoms with Gasteiger partial charge in [0.25, 0.3) is 0 Å². The molecule has 0 bridgehead atoms. The Kier molecular flexibility index (Phi) is 2.62. The molecule has 1 atom stereocenters. The third-order valence-electron chi connectivity index (χ3n) is 3.04. The molecule has 16 heavy (non-hydrogen) atoms. The molecule has 2 aromatic rings. The molecule has 1 aromatic heterocycles. The van der Waals surface area contributed by atoms with Crippen molar-refractivity contribution in [3.05, 3.63) is 51.2 Å². The predicted octanol–water partition coefficient (Wildman–Crippen LogP) is 4.15. The van der Waals surface area contributed by atoms with Crippen LogP contribution in [0.1, 0.15) is 16.4 Å². The summed E-state index contributed by atoms with van der Waals surface area (Å²) in [4.78, 5) is 1.46. The Morgan fingerprint density at radius 2 is 2.19 bits per heavy atom. The van der Waals surface area contributed by atoms with Crippen molar-refractivity contribution in [3.63, 3.8) is 0 Å². The van der Waals surface area contributed by atoms with Crippen molar-refractivity contribution in [1.82, 2.24) is 0 Å². The number of fused-ring (bicyclic) bond motifs is 1. The fourth-order valence-corrected chi connectivity index (χ4v) is 3.32. The molecule has 0 saturated carbocycles. The molecule has 0 amide bonds. The fraction of sp³-hybridized carbons (Fsp3) is 0.231. The van der Waals surface area contributed by atoms with Crippen molar-refractivity contribution in [2.24, 2.45) is 0 Å². The van der Waals surface area contributed by atoms with E-state index in [-0.39, 0.29) is 0 Å². The first-order chi connectivity index (χ1) is 7.84. The number of rotatable bonds is 1. The van der Waals surface area contributed by atoms with Crippen molar-refractivity contribution < 1.29 is 0 Å². The molecule has 1 aliphatic rings. The second-order valence-corrected chi connectivity index (χ2v) is 5.46. The Labute approximate surface area is 104 Å². The topological polar surface area (TPSA) is 12.0 Å². The number of hydrogen-bond acceptors (Lipinski definition) is 2. The van der Waals surface area contributed by atoms with E-state index in [9.17, 15) is 0 Å². The monoisotopic (exact) mass is 249 g/mol. The number of nitrogens with one attached hydrogen (secondary N) is 1. The molecule has 0 saturated heterocycles. The summed E-state index contributed by atoms with van der Waals surface area (Å²) in [6, 6.07) is 10.5. The Morgan fingerprint density at radius 1 is 1.25 bits per heavy atom. The van der Waals surface area contributed by atoms with Crippen molar-refractivity contribution in [2.75, 3.05) is 11.9 Å². The van der Waals surface area contributed by atoms with Crippen LogP contribution in [0.3, 0.4) is 0 Å². The molecule has 0 spiro atoms. The molecule has 1 unspecified atom stereocenters. The van der Waals surface area contributed by atoms with E-state index in [2.05, 4.69) is 28.9 Å². The number of thiophene rings is 1. The minimum Gasteiger partial charge on any atom is -0.383 e. The van der Waals surface area contributed by atoms with E-state index in [0.717, 1.165) is 23.7 Å². The number of halogens is 1. The Morgan fingerprint density at radius 3 is 3.00 bits per heavy atom. The maximum absolute atomic E-state index is 6.15. The lowest BCUT2D eigenvalue weighted by molar-refractivity contribution is 0.707. The second-order valence-electron chi connectivity index (χ2n) is 4.07. The molecule has 1 nitrogen and oxygen atoms in total. The first kappa shape index (κ1) is 10.2. The summed E-state index contributed by atoms with van der Waals surface area (Å²) in [5.74, 6) is 0.589. The molecule has 1 aliphatic heterocycles. The van der Waals surface area contributed by atoms with Crippen molar-refractivity contribution in [2.45, 2.75) is 12.3 Å². The number of benzene rings is 1. The fourth-order valence-electron chi connectivity index (χ4n) is 2.22. The van der Waals surface area contributed by atoms with Crippen LogP contribution in [0.4, 0.5) is 5.69 Å². The molecule has 0 fully saturated rings. The lowest BCUT2D eigenvalue weighted by atomic mass is 9.93. The lowest BCUT2D eigenvalue weighted by Crippen LogP contribution is -2.20. The zero-order valence-electron chi connectivity index (χ0n) is 8.74. The molecule has 1 aromatic carbocycles. The van der Waals surface area contributed by atoms with Gasteiger partial charge in [-0.25, -0.2) is 0 Å². The molecule has 0 aliphatic carbocycles. The summed E-state index contributed by atoms with van der Waals surface area (Å²) < 4.78 is 0. The Balaban J connectivity index is 1.92. The van der Waals surface area contributed by atoms with Gasteiger partial charge in [-0.05, 0) is 29.5 Å². The van der Waals surface area contributed by atoms with Crippen LogP contribution >= 0.6 is 22.9 Å². The van der Waals surface area contributed by atoms with Crippen LogP contribution in [0.2, 0.25) is 5.02 Å².